The van der Waals surface area contributed by atoms with E-state index >= 15 is 0 Å². The highest BCUT2D eigenvalue weighted by molar-refractivity contribution is 5.68. The SMILES string of the molecule is CCCCCCOc1ccc(-c2n[nH]c3c2CN(CCC)CC3)cc1OC. The van der Waals surface area contributed by atoms with Gasteiger partial charge in [0.25, 0.3) is 0 Å². The van der Waals surface area contributed by atoms with Crippen LogP contribution < -0.4 is 9.47 Å². The maximum atomic E-state index is 5.95. The zero-order valence-electron chi connectivity index (χ0n) is 17.0. The lowest BCUT2D eigenvalue weighted by Gasteiger charge is -2.26. The summed E-state index contributed by atoms with van der Waals surface area (Å²) in [5.41, 5.74) is 4.72. The zero-order chi connectivity index (χ0) is 19.1. The Bertz CT molecular complexity index is 726. The minimum atomic E-state index is 0.736. The van der Waals surface area contributed by atoms with Crippen LogP contribution in [0.5, 0.6) is 11.5 Å². The molecule has 0 unspecified atom stereocenters. The molecule has 1 aliphatic heterocycles. The van der Waals surface area contributed by atoms with Crippen molar-refractivity contribution < 1.29 is 9.47 Å². The molecule has 0 radical (unpaired) electrons. The van der Waals surface area contributed by atoms with E-state index in [0.29, 0.717) is 0 Å². The molecule has 0 fully saturated rings. The first-order chi connectivity index (χ1) is 13.3. The van der Waals surface area contributed by atoms with Gasteiger partial charge in [-0.1, -0.05) is 33.1 Å². The zero-order valence-corrected chi connectivity index (χ0v) is 17.0. The van der Waals surface area contributed by atoms with Crippen molar-refractivity contribution in [1.29, 1.82) is 0 Å². The van der Waals surface area contributed by atoms with E-state index in [-0.39, 0.29) is 0 Å². The summed E-state index contributed by atoms with van der Waals surface area (Å²) in [6.45, 7) is 8.40. The van der Waals surface area contributed by atoms with Gasteiger partial charge in [-0.25, -0.2) is 0 Å². The van der Waals surface area contributed by atoms with E-state index in [1.807, 2.05) is 6.07 Å². The molecule has 2 heterocycles. The fourth-order valence-corrected chi connectivity index (χ4v) is 3.74. The van der Waals surface area contributed by atoms with E-state index in [4.69, 9.17) is 9.47 Å². The molecule has 5 heteroatoms. The van der Waals surface area contributed by atoms with E-state index < -0.39 is 0 Å². The Labute approximate surface area is 163 Å². The molecule has 0 saturated heterocycles. The number of fused-ring (bicyclic) bond motifs is 1. The highest BCUT2D eigenvalue weighted by atomic mass is 16.5. The van der Waals surface area contributed by atoms with Crippen LogP contribution in [-0.4, -0.2) is 41.9 Å². The minimum absolute atomic E-state index is 0.736. The number of methoxy groups -OCH3 is 1. The molecule has 1 aromatic heterocycles. The van der Waals surface area contributed by atoms with Crippen LogP contribution in [-0.2, 0) is 13.0 Å². The molecule has 0 amide bonds. The second kappa shape index (κ2) is 9.79. The molecule has 1 N–H and O–H groups in total. The predicted octanol–water partition coefficient (Wildman–Crippen LogP) is 4.81. The standard InChI is InChI=1S/C22H33N3O2/c1-4-6-7-8-14-27-20-10-9-17(15-21(20)26-3)22-18-16-25(12-5-2)13-11-19(18)23-24-22/h9-10,15H,4-8,11-14,16H2,1-3H3,(H,23,24). The average molecular weight is 372 g/mol. The number of hydrogen-bond acceptors (Lipinski definition) is 4. The summed E-state index contributed by atoms with van der Waals surface area (Å²) in [7, 11) is 1.70. The predicted molar refractivity (Wildman–Crippen MR) is 109 cm³/mol. The second-order valence-corrected chi connectivity index (χ2v) is 7.33. The second-order valence-electron chi connectivity index (χ2n) is 7.33. The summed E-state index contributed by atoms with van der Waals surface area (Å²) < 4.78 is 11.5. The van der Waals surface area contributed by atoms with Crippen LogP contribution in [0.4, 0.5) is 0 Å². The third kappa shape index (κ3) is 4.83. The molecule has 148 valence electrons. The summed E-state index contributed by atoms with van der Waals surface area (Å²) in [6, 6.07) is 6.16. The van der Waals surface area contributed by atoms with E-state index in [1.54, 1.807) is 7.11 Å². The molecule has 1 aliphatic rings. The number of unbranched alkanes of at least 4 members (excludes halogenated alkanes) is 3. The van der Waals surface area contributed by atoms with Crippen molar-refractivity contribution in [1.82, 2.24) is 15.1 Å². The maximum Gasteiger partial charge on any atom is 0.161 e. The molecule has 0 atom stereocenters. The first-order valence-electron chi connectivity index (χ1n) is 10.4. The van der Waals surface area contributed by atoms with Crippen LogP contribution >= 0.6 is 0 Å². The summed E-state index contributed by atoms with van der Waals surface area (Å²) in [6.07, 6.45) is 7.02. The van der Waals surface area contributed by atoms with Crippen molar-refractivity contribution in [2.45, 2.75) is 58.9 Å². The van der Waals surface area contributed by atoms with Crippen LogP contribution in [0.25, 0.3) is 11.3 Å². The van der Waals surface area contributed by atoms with Crippen LogP contribution in [0.3, 0.4) is 0 Å². The lowest BCUT2D eigenvalue weighted by Crippen LogP contribution is -2.31. The van der Waals surface area contributed by atoms with E-state index in [1.165, 1.54) is 36.9 Å². The quantitative estimate of drug-likeness (QED) is 0.609. The van der Waals surface area contributed by atoms with Gasteiger partial charge in [-0.15, -0.1) is 0 Å². The normalized spacial score (nSPS) is 14.2. The van der Waals surface area contributed by atoms with Crippen molar-refractivity contribution in [3.8, 4) is 22.8 Å². The van der Waals surface area contributed by atoms with Gasteiger partial charge in [0.1, 0.15) is 0 Å². The molecule has 0 saturated carbocycles. The van der Waals surface area contributed by atoms with Crippen molar-refractivity contribution in [3.05, 3.63) is 29.5 Å². The molecule has 3 rings (SSSR count). The van der Waals surface area contributed by atoms with Crippen molar-refractivity contribution in [2.75, 3.05) is 26.8 Å². The van der Waals surface area contributed by atoms with Gasteiger partial charge in [0.2, 0.25) is 0 Å². The number of nitrogens with zero attached hydrogens (tertiary/aromatic N) is 2. The summed E-state index contributed by atoms with van der Waals surface area (Å²) in [4.78, 5) is 2.51. The maximum absolute atomic E-state index is 5.95. The highest BCUT2D eigenvalue weighted by Gasteiger charge is 2.22. The van der Waals surface area contributed by atoms with E-state index in [9.17, 15) is 0 Å². The van der Waals surface area contributed by atoms with Gasteiger partial charge in [0.15, 0.2) is 11.5 Å². The fourth-order valence-electron chi connectivity index (χ4n) is 3.74. The van der Waals surface area contributed by atoms with Gasteiger partial charge in [0, 0.05) is 36.3 Å². The van der Waals surface area contributed by atoms with Gasteiger partial charge in [-0.05, 0) is 37.6 Å². The summed E-state index contributed by atoms with van der Waals surface area (Å²) in [5, 5.41) is 7.86. The first kappa shape index (κ1) is 19.7. The van der Waals surface area contributed by atoms with Gasteiger partial charge in [-0.3, -0.25) is 10.00 Å². The molecule has 5 nitrogen and oxygen atoms in total. The fraction of sp³-hybridized carbons (Fsp3) is 0.591. The number of aromatic nitrogens is 2. The van der Waals surface area contributed by atoms with Gasteiger partial charge >= 0.3 is 0 Å². The van der Waals surface area contributed by atoms with Crippen LogP contribution in [0.15, 0.2) is 18.2 Å². The summed E-state index contributed by atoms with van der Waals surface area (Å²) in [5.74, 6) is 1.59. The van der Waals surface area contributed by atoms with Gasteiger partial charge < -0.3 is 9.47 Å². The smallest absolute Gasteiger partial charge is 0.161 e. The van der Waals surface area contributed by atoms with Crippen LogP contribution in [0, 0.1) is 0 Å². The molecular formula is C22H33N3O2. The number of rotatable bonds is 10. The van der Waals surface area contributed by atoms with Gasteiger partial charge in [-0.2, -0.15) is 5.10 Å². The number of nitrogens with one attached hydrogen (secondary N) is 1. The lowest BCUT2D eigenvalue weighted by atomic mass is 10.0. The Morgan fingerprint density at radius 3 is 2.78 bits per heavy atom. The topological polar surface area (TPSA) is 50.4 Å². The first-order valence-corrected chi connectivity index (χ1v) is 10.4. The Kier molecular flexibility index (Phi) is 7.16. The molecule has 0 aliphatic carbocycles. The third-order valence-corrected chi connectivity index (χ3v) is 5.24. The van der Waals surface area contributed by atoms with Crippen molar-refractivity contribution >= 4 is 0 Å². The Morgan fingerprint density at radius 1 is 1.11 bits per heavy atom. The monoisotopic (exact) mass is 371 g/mol. The minimum Gasteiger partial charge on any atom is -0.493 e. The van der Waals surface area contributed by atoms with E-state index in [2.05, 4.69) is 41.1 Å². The number of H-pyrrole nitrogens is 1. The Hall–Kier alpha value is -2.01. The van der Waals surface area contributed by atoms with Crippen molar-refractivity contribution in [2.24, 2.45) is 0 Å². The molecule has 0 spiro atoms. The largest absolute Gasteiger partial charge is 0.493 e. The third-order valence-electron chi connectivity index (χ3n) is 5.24. The van der Waals surface area contributed by atoms with E-state index in [0.717, 1.165) is 61.8 Å². The Balaban J connectivity index is 1.73. The van der Waals surface area contributed by atoms with Gasteiger partial charge in [0.05, 0.1) is 19.4 Å². The van der Waals surface area contributed by atoms with Crippen LogP contribution in [0.1, 0.15) is 57.2 Å². The highest BCUT2D eigenvalue weighted by Crippen LogP contribution is 2.35. The lowest BCUT2D eigenvalue weighted by molar-refractivity contribution is 0.254. The molecular weight excluding hydrogens is 338 g/mol. The molecule has 1 aromatic carbocycles. The number of hydrogen-bond donors (Lipinski definition) is 1. The van der Waals surface area contributed by atoms with Crippen LogP contribution in [0.2, 0.25) is 0 Å². The number of benzene rings is 1. The molecule has 0 bridgehead atoms. The average Bonchev–Trinajstić information content (AvgIpc) is 3.11. The van der Waals surface area contributed by atoms with Crippen molar-refractivity contribution in [3.63, 3.8) is 0 Å². The summed E-state index contributed by atoms with van der Waals surface area (Å²) >= 11 is 0. The number of aromatic amines is 1. The molecule has 27 heavy (non-hydrogen) atoms. The molecule has 2 aromatic rings. The Morgan fingerprint density at radius 2 is 2.00 bits per heavy atom. The number of ether oxygens (including phenoxy) is 2.